The molecule has 9 heteroatoms. The van der Waals surface area contributed by atoms with Crippen molar-refractivity contribution in [3.8, 4) is 5.75 Å². The van der Waals surface area contributed by atoms with Gasteiger partial charge in [-0.2, -0.15) is 0 Å². The molecule has 8 nitrogen and oxygen atoms in total. The Morgan fingerprint density at radius 2 is 1.77 bits per heavy atom. The van der Waals surface area contributed by atoms with Crippen LogP contribution in [0.5, 0.6) is 5.75 Å². The van der Waals surface area contributed by atoms with Crippen LogP contribution in [-0.4, -0.2) is 51.3 Å². The van der Waals surface area contributed by atoms with Gasteiger partial charge in [-0.3, -0.25) is 14.9 Å². The van der Waals surface area contributed by atoms with Gasteiger partial charge in [0.05, 0.1) is 31.7 Å². The van der Waals surface area contributed by atoms with E-state index in [4.69, 9.17) is 9.47 Å². The molecule has 2 saturated heterocycles. The van der Waals surface area contributed by atoms with Crippen molar-refractivity contribution in [1.82, 2.24) is 5.32 Å². The summed E-state index contributed by atoms with van der Waals surface area (Å²) in [5.41, 5.74) is 0.765. The number of carbonyl (C=O) groups excluding carboxylic acids is 3. The van der Waals surface area contributed by atoms with Crippen LogP contribution in [0.4, 0.5) is 20.6 Å². The second-order valence-corrected chi connectivity index (χ2v) is 6.97. The van der Waals surface area contributed by atoms with E-state index in [1.807, 2.05) is 4.90 Å². The first-order chi connectivity index (χ1) is 15.0. The minimum absolute atomic E-state index is 0.269. The molecule has 2 aliphatic heterocycles. The van der Waals surface area contributed by atoms with Crippen LogP contribution >= 0.6 is 0 Å². The van der Waals surface area contributed by atoms with Gasteiger partial charge in [-0.25, -0.2) is 14.1 Å². The predicted molar refractivity (Wildman–Crippen MR) is 111 cm³/mol. The molecular weight excluding hydrogens is 405 g/mol. The monoisotopic (exact) mass is 425 g/mol. The highest BCUT2D eigenvalue weighted by atomic mass is 19.1. The van der Waals surface area contributed by atoms with Crippen molar-refractivity contribution in [2.45, 2.75) is 0 Å². The van der Waals surface area contributed by atoms with Crippen molar-refractivity contribution in [2.24, 2.45) is 0 Å². The number of anilines is 2. The lowest BCUT2D eigenvalue weighted by atomic mass is 10.1. The first-order valence-corrected chi connectivity index (χ1v) is 9.65. The van der Waals surface area contributed by atoms with Crippen LogP contribution in [0.25, 0.3) is 6.08 Å². The number of imide groups is 2. The third kappa shape index (κ3) is 4.13. The standard InChI is InChI=1S/C22H20FN3O5/c1-30-16-5-3-15(4-6-16)26-21(28)17(20(27)24-22(26)29)12-14-2-7-19(18(23)13-14)25-8-10-31-11-9-25/h2-7,12-13H,8-11H2,1H3,(H,24,27,29)/b17-12+. The maximum Gasteiger partial charge on any atom is 0.335 e. The average molecular weight is 425 g/mol. The normalized spacial score (nSPS) is 18.4. The first kappa shape index (κ1) is 20.5. The van der Waals surface area contributed by atoms with E-state index in [0.717, 1.165) is 4.90 Å². The van der Waals surface area contributed by atoms with Gasteiger partial charge >= 0.3 is 6.03 Å². The molecule has 0 spiro atoms. The van der Waals surface area contributed by atoms with Gasteiger partial charge in [0.1, 0.15) is 17.1 Å². The number of methoxy groups -OCH3 is 1. The number of morpholine rings is 1. The van der Waals surface area contributed by atoms with Crippen molar-refractivity contribution in [3.63, 3.8) is 0 Å². The number of amides is 4. The van der Waals surface area contributed by atoms with Crippen molar-refractivity contribution < 1.29 is 28.2 Å². The fourth-order valence-electron chi connectivity index (χ4n) is 3.46. The summed E-state index contributed by atoms with van der Waals surface area (Å²) in [7, 11) is 1.50. The van der Waals surface area contributed by atoms with Gasteiger partial charge in [-0.1, -0.05) is 6.07 Å². The minimum atomic E-state index is -0.855. The van der Waals surface area contributed by atoms with Crippen LogP contribution in [0.1, 0.15) is 5.56 Å². The van der Waals surface area contributed by atoms with E-state index in [0.29, 0.717) is 43.3 Å². The molecule has 31 heavy (non-hydrogen) atoms. The zero-order valence-corrected chi connectivity index (χ0v) is 16.8. The number of hydrogen-bond donors (Lipinski definition) is 1. The number of ether oxygens (including phenoxy) is 2. The number of rotatable bonds is 4. The highest BCUT2D eigenvalue weighted by molar-refractivity contribution is 6.39. The van der Waals surface area contributed by atoms with Crippen molar-refractivity contribution in [1.29, 1.82) is 0 Å². The molecule has 0 aliphatic carbocycles. The summed E-state index contributed by atoms with van der Waals surface area (Å²) in [5.74, 6) is -1.55. The summed E-state index contributed by atoms with van der Waals surface area (Å²) in [5, 5.41) is 2.15. The molecule has 2 aromatic rings. The van der Waals surface area contributed by atoms with Crippen molar-refractivity contribution in [3.05, 3.63) is 59.4 Å². The summed E-state index contributed by atoms with van der Waals surface area (Å²) in [6.07, 6.45) is 1.27. The van der Waals surface area contributed by atoms with Gasteiger partial charge in [-0.05, 0) is 48.0 Å². The zero-order valence-electron chi connectivity index (χ0n) is 16.8. The molecule has 1 N–H and O–H groups in total. The molecule has 0 bridgehead atoms. The zero-order chi connectivity index (χ0) is 22.0. The predicted octanol–water partition coefficient (Wildman–Crippen LogP) is 2.34. The number of hydrogen-bond acceptors (Lipinski definition) is 6. The average Bonchev–Trinajstić information content (AvgIpc) is 2.77. The van der Waals surface area contributed by atoms with Crippen LogP contribution in [-0.2, 0) is 14.3 Å². The van der Waals surface area contributed by atoms with E-state index in [1.54, 1.807) is 24.3 Å². The van der Waals surface area contributed by atoms with Gasteiger partial charge in [0, 0.05) is 13.1 Å². The van der Waals surface area contributed by atoms with E-state index in [9.17, 15) is 18.8 Å². The third-order valence-corrected chi connectivity index (χ3v) is 5.07. The van der Waals surface area contributed by atoms with Crippen LogP contribution in [0.3, 0.4) is 0 Å². The van der Waals surface area contributed by atoms with Gasteiger partial charge in [-0.15, -0.1) is 0 Å². The summed E-state index contributed by atoms with van der Waals surface area (Å²) in [6, 6.07) is 9.87. The summed E-state index contributed by atoms with van der Waals surface area (Å²) < 4.78 is 25.0. The number of nitrogens with one attached hydrogen (secondary N) is 1. The molecule has 2 aromatic carbocycles. The number of nitrogens with zero attached hydrogens (tertiary/aromatic N) is 2. The Bertz CT molecular complexity index is 1060. The maximum atomic E-state index is 14.7. The molecule has 160 valence electrons. The van der Waals surface area contributed by atoms with Gasteiger partial charge in [0.15, 0.2) is 0 Å². The summed E-state index contributed by atoms with van der Waals surface area (Å²) >= 11 is 0. The van der Waals surface area contributed by atoms with E-state index < -0.39 is 23.7 Å². The van der Waals surface area contributed by atoms with Gasteiger partial charge in [0.25, 0.3) is 11.8 Å². The quantitative estimate of drug-likeness (QED) is 0.598. The second kappa shape index (κ2) is 8.57. The van der Waals surface area contributed by atoms with Crippen molar-refractivity contribution in [2.75, 3.05) is 43.2 Å². The fraction of sp³-hybridized carbons (Fsp3) is 0.227. The number of halogens is 1. The van der Waals surface area contributed by atoms with E-state index in [-0.39, 0.29) is 11.3 Å². The van der Waals surface area contributed by atoms with E-state index >= 15 is 0 Å². The Labute approximate surface area is 177 Å². The molecule has 0 saturated carbocycles. The van der Waals surface area contributed by atoms with Gasteiger partial charge < -0.3 is 14.4 Å². The van der Waals surface area contributed by atoms with Crippen molar-refractivity contribution >= 4 is 35.3 Å². The molecule has 4 amide bonds. The lowest BCUT2D eigenvalue weighted by Crippen LogP contribution is -2.54. The Kier molecular flexibility index (Phi) is 5.68. The lowest BCUT2D eigenvalue weighted by molar-refractivity contribution is -0.122. The SMILES string of the molecule is COc1ccc(N2C(=O)NC(=O)/C(=C\c3ccc(N4CCOCC4)c(F)c3)C2=O)cc1. The molecule has 0 aromatic heterocycles. The number of barbiturate groups is 1. The molecule has 4 rings (SSSR count). The van der Waals surface area contributed by atoms with E-state index in [1.165, 1.54) is 31.4 Å². The summed E-state index contributed by atoms with van der Waals surface area (Å²) in [4.78, 5) is 40.3. The maximum absolute atomic E-state index is 14.7. The molecule has 0 unspecified atom stereocenters. The van der Waals surface area contributed by atoms with Crippen LogP contribution in [0, 0.1) is 5.82 Å². The Morgan fingerprint density at radius 3 is 2.42 bits per heavy atom. The highest BCUT2D eigenvalue weighted by Gasteiger charge is 2.36. The number of benzene rings is 2. The molecular formula is C22H20FN3O5. The topological polar surface area (TPSA) is 88.2 Å². The number of urea groups is 1. The molecule has 2 heterocycles. The van der Waals surface area contributed by atoms with E-state index in [2.05, 4.69) is 5.32 Å². The lowest BCUT2D eigenvalue weighted by Gasteiger charge is -2.29. The Morgan fingerprint density at radius 1 is 1.06 bits per heavy atom. The molecule has 2 fully saturated rings. The Balaban J connectivity index is 1.62. The Hall–Kier alpha value is -3.72. The minimum Gasteiger partial charge on any atom is -0.497 e. The summed E-state index contributed by atoms with van der Waals surface area (Å²) in [6.45, 7) is 2.21. The largest absolute Gasteiger partial charge is 0.497 e. The molecule has 0 radical (unpaired) electrons. The van der Waals surface area contributed by atoms with Crippen LogP contribution in [0.2, 0.25) is 0 Å². The first-order valence-electron chi connectivity index (χ1n) is 9.65. The van der Waals surface area contributed by atoms with Crippen LogP contribution in [0.15, 0.2) is 48.0 Å². The van der Waals surface area contributed by atoms with Gasteiger partial charge in [0.2, 0.25) is 0 Å². The fourth-order valence-corrected chi connectivity index (χ4v) is 3.46. The number of carbonyl (C=O) groups is 3. The smallest absolute Gasteiger partial charge is 0.335 e. The highest BCUT2D eigenvalue weighted by Crippen LogP contribution is 2.26. The molecule has 2 aliphatic rings. The molecule has 0 atom stereocenters. The third-order valence-electron chi connectivity index (χ3n) is 5.07. The second-order valence-electron chi connectivity index (χ2n) is 6.97. The van der Waals surface area contributed by atoms with Crippen LogP contribution < -0.4 is 19.9 Å².